The highest BCUT2D eigenvalue weighted by Gasteiger charge is 2.44. The number of ether oxygens (including phenoxy) is 1. The second-order valence-electron chi connectivity index (χ2n) is 6.67. The van der Waals surface area contributed by atoms with E-state index in [1.54, 1.807) is 7.11 Å². The predicted molar refractivity (Wildman–Crippen MR) is 90.6 cm³/mol. The van der Waals surface area contributed by atoms with Crippen molar-refractivity contribution >= 4 is 5.78 Å². The zero-order valence-corrected chi connectivity index (χ0v) is 14.0. The first kappa shape index (κ1) is 16.3. The van der Waals surface area contributed by atoms with Crippen LogP contribution >= 0.6 is 0 Å². The number of benzene rings is 2. The minimum absolute atomic E-state index is 0.161. The fourth-order valence-corrected chi connectivity index (χ4v) is 2.60. The van der Waals surface area contributed by atoms with E-state index in [1.807, 2.05) is 68.4 Å². The first-order valence-electron chi connectivity index (χ1n) is 7.55. The molecule has 0 bridgehead atoms. The maximum absolute atomic E-state index is 13.0. The number of carbonyl (C=O) groups is 1. The van der Waals surface area contributed by atoms with Crippen molar-refractivity contribution in [3.63, 3.8) is 0 Å². The molecule has 0 amide bonds. The Bertz CT molecular complexity index is 637. The number of rotatable bonds is 5. The van der Waals surface area contributed by atoms with E-state index < -0.39 is 5.41 Å². The number of hydrogen-bond acceptors (Lipinski definition) is 2. The Morgan fingerprint density at radius 2 is 1.41 bits per heavy atom. The molecule has 0 saturated heterocycles. The lowest BCUT2D eigenvalue weighted by Crippen LogP contribution is -2.43. The quantitative estimate of drug-likeness (QED) is 0.735. The summed E-state index contributed by atoms with van der Waals surface area (Å²) in [6.45, 7) is 8.28. The van der Waals surface area contributed by atoms with Gasteiger partial charge in [0.25, 0.3) is 0 Å². The zero-order chi connectivity index (χ0) is 16.4. The first-order valence-corrected chi connectivity index (χ1v) is 7.55. The van der Waals surface area contributed by atoms with E-state index in [2.05, 4.69) is 13.8 Å². The summed E-state index contributed by atoms with van der Waals surface area (Å²) in [5.41, 5.74) is 1.06. The van der Waals surface area contributed by atoms with Crippen LogP contribution in [0.4, 0.5) is 0 Å². The Labute approximate surface area is 133 Å². The molecule has 2 heteroatoms. The second kappa shape index (κ2) is 5.96. The molecule has 2 aromatic carbocycles. The highest BCUT2D eigenvalue weighted by molar-refractivity contribution is 6.01. The number of carbonyl (C=O) groups excluding carboxylic acids is 1. The molecule has 2 aromatic rings. The fraction of sp³-hybridized carbons (Fsp3) is 0.350. The molecule has 0 unspecified atom stereocenters. The molecule has 22 heavy (non-hydrogen) atoms. The number of methoxy groups -OCH3 is 1. The third kappa shape index (κ3) is 2.78. The van der Waals surface area contributed by atoms with Gasteiger partial charge in [-0.05, 0) is 17.7 Å². The third-order valence-corrected chi connectivity index (χ3v) is 4.98. The maximum Gasteiger partial charge on any atom is 0.169 e. The molecule has 2 rings (SSSR count). The van der Waals surface area contributed by atoms with Crippen molar-refractivity contribution in [1.29, 1.82) is 0 Å². The average Bonchev–Trinajstić information content (AvgIpc) is 2.54. The van der Waals surface area contributed by atoms with Gasteiger partial charge in [0.15, 0.2) is 5.78 Å². The highest BCUT2D eigenvalue weighted by atomic mass is 16.5. The largest absolute Gasteiger partial charge is 0.497 e. The van der Waals surface area contributed by atoms with Crippen LogP contribution in [-0.4, -0.2) is 12.9 Å². The van der Waals surface area contributed by atoms with Gasteiger partial charge < -0.3 is 4.74 Å². The molecule has 0 N–H and O–H groups in total. The highest BCUT2D eigenvalue weighted by Crippen LogP contribution is 2.43. The normalized spacial score (nSPS) is 12.0. The molecule has 0 aliphatic rings. The van der Waals surface area contributed by atoms with Gasteiger partial charge in [-0.2, -0.15) is 0 Å². The lowest BCUT2D eigenvalue weighted by atomic mass is 9.61. The average molecular weight is 296 g/mol. The molecule has 0 atom stereocenters. The van der Waals surface area contributed by atoms with Gasteiger partial charge in [0.1, 0.15) is 5.75 Å². The van der Waals surface area contributed by atoms with Crippen LogP contribution in [0.5, 0.6) is 5.75 Å². The van der Waals surface area contributed by atoms with Crippen LogP contribution in [0, 0.1) is 5.41 Å². The molecule has 2 nitrogen and oxygen atoms in total. The Morgan fingerprint density at radius 1 is 0.864 bits per heavy atom. The number of Topliss-reactive ketones (excluding diaryl/α,β-unsaturated/α-hetero) is 1. The molecule has 0 radical (unpaired) electrons. The van der Waals surface area contributed by atoms with E-state index in [-0.39, 0.29) is 11.2 Å². The lowest BCUT2D eigenvalue weighted by molar-refractivity contribution is 0.0724. The van der Waals surface area contributed by atoms with Crippen molar-refractivity contribution in [2.75, 3.05) is 7.11 Å². The van der Waals surface area contributed by atoms with Crippen molar-refractivity contribution in [3.05, 3.63) is 65.7 Å². The molecule has 0 spiro atoms. The Hall–Kier alpha value is -2.09. The van der Waals surface area contributed by atoms with Gasteiger partial charge in [0.05, 0.1) is 7.11 Å². The molecule has 116 valence electrons. The lowest BCUT2D eigenvalue weighted by Gasteiger charge is -2.41. The minimum atomic E-state index is -0.525. The van der Waals surface area contributed by atoms with Gasteiger partial charge in [-0.15, -0.1) is 0 Å². The van der Waals surface area contributed by atoms with Crippen LogP contribution in [0.1, 0.15) is 43.6 Å². The van der Waals surface area contributed by atoms with E-state index in [0.717, 1.165) is 16.9 Å². The minimum Gasteiger partial charge on any atom is -0.497 e. The molecule has 0 aromatic heterocycles. The van der Waals surface area contributed by atoms with Gasteiger partial charge in [0, 0.05) is 16.4 Å². The molecule has 0 fully saturated rings. The summed E-state index contributed by atoms with van der Waals surface area (Å²) in [4.78, 5) is 13.0. The van der Waals surface area contributed by atoms with Crippen LogP contribution in [0.3, 0.4) is 0 Å². The molecule has 0 saturated carbocycles. The summed E-state index contributed by atoms with van der Waals surface area (Å²) in [7, 11) is 1.66. The van der Waals surface area contributed by atoms with E-state index in [9.17, 15) is 4.79 Å². The summed E-state index contributed by atoms with van der Waals surface area (Å²) in [5, 5.41) is 0. The van der Waals surface area contributed by atoms with Crippen LogP contribution in [-0.2, 0) is 5.41 Å². The van der Waals surface area contributed by atoms with E-state index in [1.165, 1.54) is 0 Å². The van der Waals surface area contributed by atoms with Gasteiger partial charge in [-0.1, -0.05) is 70.2 Å². The van der Waals surface area contributed by atoms with Gasteiger partial charge in [-0.3, -0.25) is 4.79 Å². The van der Waals surface area contributed by atoms with Gasteiger partial charge in [-0.25, -0.2) is 0 Å². The third-order valence-electron chi connectivity index (χ3n) is 4.98. The fourth-order valence-electron chi connectivity index (χ4n) is 2.60. The monoisotopic (exact) mass is 296 g/mol. The van der Waals surface area contributed by atoms with Crippen LogP contribution in [0.2, 0.25) is 0 Å². The topological polar surface area (TPSA) is 26.3 Å². The SMILES string of the molecule is COc1ccc(C(C)(C)C(C)(C)C(=O)c2ccccc2)cc1. The van der Waals surface area contributed by atoms with Crippen molar-refractivity contribution in [2.45, 2.75) is 33.1 Å². The molecular weight excluding hydrogens is 272 g/mol. The molecular formula is C20H24O2. The van der Waals surface area contributed by atoms with Crippen LogP contribution in [0.15, 0.2) is 54.6 Å². The summed E-state index contributed by atoms with van der Waals surface area (Å²) >= 11 is 0. The van der Waals surface area contributed by atoms with Crippen molar-refractivity contribution in [1.82, 2.24) is 0 Å². The van der Waals surface area contributed by atoms with E-state index in [4.69, 9.17) is 4.74 Å². The smallest absolute Gasteiger partial charge is 0.169 e. The molecule has 0 heterocycles. The number of hydrogen-bond donors (Lipinski definition) is 0. The van der Waals surface area contributed by atoms with E-state index >= 15 is 0 Å². The maximum atomic E-state index is 13.0. The Balaban J connectivity index is 2.38. The summed E-state index contributed by atoms with van der Waals surface area (Å²) in [6, 6.07) is 17.5. The summed E-state index contributed by atoms with van der Waals surface area (Å²) < 4.78 is 5.22. The van der Waals surface area contributed by atoms with Gasteiger partial charge in [0.2, 0.25) is 0 Å². The van der Waals surface area contributed by atoms with Crippen molar-refractivity contribution in [3.8, 4) is 5.75 Å². The summed E-state index contributed by atoms with van der Waals surface area (Å²) in [5.74, 6) is 0.987. The Kier molecular flexibility index (Phi) is 4.41. The number of ketones is 1. The zero-order valence-electron chi connectivity index (χ0n) is 14.0. The van der Waals surface area contributed by atoms with Crippen molar-refractivity contribution in [2.24, 2.45) is 5.41 Å². The summed E-state index contributed by atoms with van der Waals surface area (Å²) in [6.07, 6.45) is 0. The van der Waals surface area contributed by atoms with Crippen molar-refractivity contribution < 1.29 is 9.53 Å². The Morgan fingerprint density at radius 3 is 1.91 bits per heavy atom. The predicted octanol–water partition coefficient (Wildman–Crippen LogP) is 4.88. The molecule has 0 aliphatic heterocycles. The second-order valence-corrected chi connectivity index (χ2v) is 6.67. The van der Waals surface area contributed by atoms with E-state index in [0.29, 0.717) is 0 Å². The standard InChI is InChI=1S/C20H24O2/c1-19(2,16-11-13-17(22-5)14-12-16)20(3,4)18(21)15-9-7-6-8-10-15/h6-14H,1-5H3. The molecule has 0 aliphatic carbocycles. The van der Waals surface area contributed by atoms with Crippen LogP contribution < -0.4 is 4.74 Å². The van der Waals surface area contributed by atoms with Crippen LogP contribution in [0.25, 0.3) is 0 Å². The first-order chi connectivity index (χ1) is 10.3. The van der Waals surface area contributed by atoms with Gasteiger partial charge >= 0.3 is 0 Å².